The van der Waals surface area contributed by atoms with Crippen LogP contribution in [0.3, 0.4) is 0 Å². The van der Waals surface area contributed by atoms with Gasteiger partial charge in [-0.3, -0.25) is 4.79 Å². The molecule has 1 N–H and O–H groups in total. The number of carbonyl (C=O) groups is 1. The SMILES string of the molecule is Cc1ccccc1C1CC2C(=O)N(Cc3nc(-c4ccc(Cl)cc4)no3)C=CN2N1. The van der Waals surface area contributed by atoms with Crippen LogP contribution in [0.2, 0.25) is 5.02 Å². The van der Waals surface area contributed by atoms with Crippen molar-refractivity contribution in [3.63, 3.8) is 0 Å². The number of hydrogen-bond acceptors (Lipinski definition) is 6. The van der Waals surface area contributed by atoms with Gasteiger partial charge in [0.1, 0.15) is 12.6 Å². The van der Waals surface area contributed by atoms with Gasteiger partial charge in [-0.15, -0.1) is 0 Å². The van der Waals surface area contributed by atoms with E-state index in [0.29, 0.717) is 23.2 Å². The lowest BCUT2D eigenvalue weighted by atomic mass is 9.97. The van der Waals surface area contributed by atoms with Crippen molar-refractivity contribution in [2.45, 2.75) is 32.0 Å². The van der Waals surface area contributed by atoms with Crippen molar-refractivity contribution in [3.8, 4) is 11.4 Å². The minimum Gasteiger partial charge on any atom is -0.337 e. The molecule has 0 aliphatic carbocycles. The maximum atomic E-state index is 13.1. The van der Waals surface area contributed by atoms with Crippen molar-refractivity contribution in [1.29, 1.82) is 0 Å². The number of nitrogens with one attached hydrogen (secondary N) is 1. The number of carbonyl (C=O) groups excluding carboxylic acids is 1. The highest BCUT2D eigenvalue weighted by atomic mass is 35.5. The molecule has 3 aromatic rings. The van der Waals surface area contributed by atoms with Gasteiger partial charge in [0, 0.05) is 23.0 Å². The van der Waals surface area contributed by atoms with Crippen molar-refractivity contribution in [1.82, 2.24) is 25.5 Å². The van der Waals surface area contributed by atoms with Gasteiger partial charge in [-0.1, -0.05) is 41.0 Å². The number of nitrogens with zero attached hydrogens (tertiary/aromatic N) is 4. The molecule has 5 rings (SSSR count). The van der Waals surface area contributed by atoms with Crippen LogP contribution in [0.1, 0.15) is 29.5 Å². The molecular weight excluding hydrogens is 402 g/mol. The van der Waals surface area contributed by atoms with E-state index in [0.717, 1.165) is 5.56 Å². The molecule has 0 radical (unpaired) electrons. The van der Waals surface area contributed by atoms with Crippen LogP contribution in [0.15, 0.2) is 65.5 Å². The van der Waals surface area contributed by atoms with Gasteiger partial charge in [-0.25, -0.2) is 5.43 Å². The van der Waals surface area contributed by atoms with E-state index in [1.165, 1.54) is 11.1 Å². The van der Waals surface area contributed by atoms with Crippen LogP contribution in [0.25, 0.3) is 11.4 Å². The summed E-state index contributed by atoms with van der Waals surface area (Å²) in [4.78, 5) is 19.1. The topological polar surface area (TPSA) is 74.5 Å². The Hall–Kier alpha value is -3.16. The summed E-state index contributed by atoms with van der Waals surface area (Å²) in [6.45, 7) is 2.32. The third-order valence-corrected chi connectivity index (χ3v) is 5.77. The number of amides is 1. The molecule has 2 unspecified atom stereocenters. The van der Waals surface area contributed by atoms with E-state index in [-0.39, 0.29) is 24.5 Å². The summed E-state index contributed by atoms with van der Waals surface area (Å²) in [7, 11) is 0. The number of hydrazine groups is 1. The quantitative estimate of drug-likeness (QED) is 0.690. The molecule has 1 fully saturated rings. The number of aromatic nitrogens is 2. The average Bonchev–Trinajstić information content (AvgIpc) is 3.39. The minimum atomic E-state index is -0.265. The first kappa shape index (κ1) is 18.8. The lowest BCUT2D eigenvalue weighted by Crippen LogP contribution is -2.47. The zero-order chi connectivity index (χ0) is 20.7. The molecule has 1 saturated heterocycles. The molecule has 152 valence electrons. The molecule has 2 atom stereocenters. The number of rotatable bonds is 4. The molecule has 2 aromatic carbocycles. The van der Waals surface area contributed by atoms with Crippen molar-refractivity contribution < 1.29 is 9.32 Å². The molecule has 0 spiro atoms. The number of halogens is 1. The van der Waals surface area contributed by atoms with Gasteiger partial charge in [0.15, 0.2) is 0 Å². The Morgan fingerprint density at radius 1 is 1.17 bits per heavy atom. The van der Waals surface area contributed by atoms with Gasteiger partial charge < -0.3 is 14.4 Å². The number of fused-ring (bicyclic) bond motifs is 1. The summed E-state index contributed by atoms with van der Waals surface area (Å²) in [5.74, 6) is 0.860. The lowest BCUT2D eigenvalue weighted by Gasteiger charge is -2.30. The summed E-state index contributed by atoms with van der Waals surface area (Å²) in [5.41, 5.74) is 6.66. The van der Waals surface area contributed by atoms with Gasteiger partial charge in [0.2, 0.25) is 11.7 Å². The van der Waals surface area contributed by atoms with Crippen LogP contribution in [-0.2, 0) is 11.3 Å². The highest BCUT2D eigenvalue weighted by Crippen LogP contribution is 2.32. The number of hydrogen-bond donors (Lipinski definition) is 1. The monoisotopic (exact) mass is 421 g/mol. The van der Waals surface area contributed by atoms with E-state index in [1.807, 2.05) is 35.5 Å². The standard InChI is InChI=1S/C22H20ClN5O2/c1-14-4-2-3-5-17(14)18-12-19-22(29)27(10-11-28(19)25-18)13-20-24-21(26-30-20)15-6-8-16(23)9-7-15/h2-11,18-19,25H,12-13H2,1H3. The smallest absolute Gasteiger partial charge is 0.251 e. The van der Waals surface area contributed by atoms with Crippen molar-refractivity contribution in [2.75, 3.05) is 0 Å². The van der Waals surface area contributed by atoms with Crippen LogP contribution in [-0.4, -0.2) is 32.0 Å². The van der Waals surface area contributed by atoms with Gasteiger partial charge in [0.05, 0.1) is 6.04 Å². The third kappa shape index (κ3) is 3.46. The average molecular weight is 422 g/mol. The number of aryl methyl sites for hydroxylation is 1. The normalized spacial score (nSPS) is 20.7. The van der Waals surface area contributed by atoms with Gasteiger partial charge >= 0.3 is 0 Å². The van der Waals surface area contributed by atoms with Crippen LogP contribution in [0, 0.1) is 6.92 Å². The molecule has 0 saturated carbocycles. The summed E-state index contributed by atoms with van der Waals surface area (Å²) in [6.07, 6.45) is 4.34. The Bertz CT molecular complexity index is 1110. The predicted molar refractivity (Wildman–Crippen MR) is 112 cm³/mol. The van der Waals surface area contributed by atoms with Gasteiger partial charge in [-0.2, -0.15) is 4.98 Å². The van der Waals surface area contributed by atoms with Crippen LogP contribution in [0.4, 0.5) is 0 Å². The summed E-state index contributed by atoms with van der Waals surface area (Å²) >= 11 is 5.93. The summed E-state index contributed by atoms with van der Waals surface area (Å²) < 4.78 is 5.37. The second kappa shape index (κ2) is 7.59. The molecule has 30 heavy (non-hydrogen) atoms. The maximum absolute atomic E-state index is 13.1. The van der Waals surface area contributed by atoms with E-state index >= 15 is 0 Å². The highest BCUT2D eigenvalue weighted by molar-refractivity contribution is 6.30. The fraction of sp³-hybridized carbons (Fsp3) is 0.227. The second-order valence-corrected chi connectivity index (χ2v) is 7.92. The van der Waals surface area contributed by atoms with E-state index in [4.69, 9.17) is 16.1 Å². The van der Waals surface area contributed by atoms with Crippen LogP contribution < -0.4 is 5.43 Å². The third-order valence-electron chi connectivity index (χ3n) is 5.51. The molecular formula is C22H20ClN5O2. The Balaban J connectivity index is 1.29. The molecule has 2 aliphatic heterocycles. The van der Waals surface area contributed by atoms with E-state index in [9.17, 15) is 4.79 Å². The molecule has 1 amide bonds. The first-order chi connectivity index (χ1) is 14.6. The minimum absolute atomic E-state index is 0.00678. The van der Waals surface area contributed by atoms with E-state index in [1.54, 1.807) is 23.2 Å². The molecule has 3 heterocycles. The first-order valence-corrected chi connectivity index (χ1v) is 10.1. The Kier molecular flexibility index (Phi) is 4.77. The highest BCUT2D eigenvalue weighted by Gasteiger charge is 2.40. The van der Waals surface area contributed by atoms with Crippen LogP contribution in [0.5, 0.6) is 0 Å². The molecule has 7 nitrogen and oxygen atoms in total. The Morgan fingerprint density at radius 3 is 2.77 bits per heavy atom. The number of benzene rings is 2. The maximum Gasteiger partial charge on any atom is 0.251 e. The largest absolute Gasteiger partial charge is 0.337 e. The van der Waals surface area contributed by atoms with Crippen molar-refractivity contribution in [3.05, 3.63) is 83.0 Å². The first-order valence-electron chi connectivity index (χ1n) is 9.76. The summed E-state index contributed by atoms with van der Waals surface area (Å²) in [5, 5.41) is 6.56. The second-order valence-electron chi connectivity index (χ2n) is 7.48. The Morgan fingerprint density at radius 2 is 1.97 bits per heavy atom. The lowest BCUT2D eigenvalue weighted by molar-refractivity contribution is -0.135. The fourth-order valence-corrected chi connectivity index (χ4v) is 4.06. The van der Waals surface area contributed by atoms with Gasteiger partial charge in [0.25, 0.3) is 5.91 Å². The van der Waals surface area contributed by atoms with Gasteiger partial charge in [-0.05, 0) is 48.7 Å². The summed E-state index contributed by atoms with van der Waals surface area (Å²) in [6, 6.07) is 15.3. The van der Waals surface area contributed by atoms with E-state index in [2.05, 4.69) is 34.6 Å². The predicted octanol–water partition coefficient (Wildman–Crippen LogP) is 3.83. The zero-order valence-corrected chi connectivity index (χ0v) is 17.1. The van der Waals surface area contributed by atoms with Crippen molar-refractivity contribution in [2.24, 2.45) is 0 Å². The molecule has 2 aliphatic rings. The Labute approximate surface area is 178 Å². The molecule has 8 heteroatoms. The zero-order valence-electron chi connectivity index (χ0n) is 16.3. The van der Waals surface area contributed by atoms with E-state index < -0.39 is 0 Å². The molecule has 1 aromatic heterocycles. The van der Waals surface area contributed by atoms with Crippen molar-refractivity contribution >= 4 is 17.5 Å². The fourth-order valence-electron chi connectivity index (χ4n) is 3.93. The molecule has 0 bridgehead atoms. The van der Waals surface area contributed by atoms with Crippen LogP contribution >= 0.6 is 11.6 Å².